The predicted molar refractivity (Wildman–Crippen MR) is 127 cm³/mol. The highest BCUT2D eigenvalue weighted by Gasteiger charge is 2.41. The van der Waals surface area contributed by atoms with Gasteiger partial charge in [-0.25, -0.2) is 17.8 Å². The van der Waals surface area contributed by atoms with Crippen LogP contribution in [0.15, 0.2) is 40.2 Å². The van der Waals surface area contributed by atoms with Gasteiger partial charge in [0.15, 0.2) is 11.3 Å². The number of carbonyl (C=O) groups excluding carboxylic acids is 1. The number of nitrogens with zero attached hydrogens (tertiary/aromatic N) is 3. The molecule has 1 fully saturated rings. The molecule has 1 spiro atoms. The number of sulfonamides is 1. The van der Waals surface area contributed by atoms with E-state index in [1.54, 1.807) is 6.08 Å². The highest BCUT2D eigenvalue weighted by Crippen LogP contribution is 2.35. The third kappa shape index (κ3) is 4.61. The number of rotatable bonds is 5. The number of halogens is 1. The summed E-state index contributed by atoms with van der Waals surface area (Å²) in [6.07, 6.45) is 3.40. The lowest BCUT2D eigenvalue weighted by Gasteiger charge is -2.37. The smallest absolute Gasteiger partial charge is 0.296 e. The van der Waals surface area contributed by atoms with Gasteiger partial charge >= 0.3 is 0 Å². The molecule has 12 nitrogen and oxygen atoms in total. The molecule has 3 aliphatic rings. The molecule has 3 N–H and O–H groups in total. The maximum atomic E-state index is 14.1. The Morgan fingerprint density at radius 1 is 1.24 bits per heavy atom. The molecule has 0 bridgehead atoms. The Morgan fingerprint density at radius 2 is 2.03 bits per heavy atom. The Kier molecular flexibility index (Phi) is 6.74. The number of piperazine rings is 1. The van der Waals surface area contributed by atoms with E-state index in [9.17, 15) is 27.5 Å². The van der Waals surface area contributed by atoms with Gasteiger partial charge in [0.1, 0.15) is 11.6 Å². The largest absolute Gasteiger partial charge is 0.501 e. The quantitative estimate of drug-likeness (QED) is 0.472. The normalized spacial score (nSPS) is 21.9. The predicted octanol–water partition coefficient (Wildman–Crippen LogP) is -0.229. The minimum atomic E-state index is -4.03. The van der Waals surface area contributed by atoms with Gasteiger partial charge in [-0.1, -0.05) is 6.07 Å². The molecular weight excluding hydrogens is 509 g/mol. The van der Waals surface area contributed by atoms with Crippen molar-refractivity contribution in [2.24, 2.45) is 0 Å². The molecule has 1 unspecified atom stereocenters. The first kappa shape index (κ1) is 25.3. The number of nitrogens with one attached hydrogen (secondary N) is 2. The van der Waals surface area contributed by atoms with Crippen molar-refractivity contribution < 1.29 is 32.2 Å². The molecule has 14 heteroatoms. The number of hydrogen-bond acceptors (Lipinski definition) is 9. The lowest BCUT2D eigenvalue weighted by Crippen LogP contribution is -2.46. The van der Waals surface area contributed by atoms with Crippen molar-refractivity contribution in [2.45, 2.75) is 30.0 Å². The molecule has 198 valence electrons. The molecule has 2 aromatic rings. The van der Waals surface area contributed by atoms with Crippen LogP contribution >= 0.6 is 0 Å². The SMILES string of the molecule is O=C(NCc1ccc(F)cc1S(=O)(=O)N1CCNCC1)c1nc2n(c(=O)c1O)CCOC21C=COCC1. The van der Waals surface area contributed by atoms with Crippen molar-refractivity contribution in [1.82, 2.24) is 24.5 Å². The summed E-state index contributed by atoms with van der Waals surface area (Å²) in [5.41, 5.74) is -2.24. The van der Waals surface area contributed by atoms with E-state index in [0.29, 0.717) is 26.1 Å². The van der Waals surface area contributed by atoms with E-state index in [2.05, 4.69) is 15.6 Å². The molecule has 1 aromatic heterocycles. The topological polar surface area (TPSA) is 152 Å². The van der Waals surface area contributed by atoms with Crippen LogP contribution in [0.25, 0.3) is 0 Å². The van der Waals surface area contributed by atoms with Gasteiger partial charge in [0.05, 0.1) is 30.9 Å². The lowest BCUT2D eigenvalue weighted by atomic mass is 9.95. The van der Waals surface area contributed by atoms with E-state index in [4.69, 9.17) is 9.47 Å². The van der Waals surface area contributed by atoms with Crippen molar-refractivity contribution in [3.63, 3.8) is 0 Å². The number of aromatic hydroxyl groups is 1. The summed E-state index contributed by atoms with van der Waals surface area (Å²) < 4.78 is 54.1. The van der Waals surface area contributed by atoms with Crippen LogP contribution in [0.5, 0.6) is 5.75 Å². The fourth-order valence-corrected chi connectivity index (χ4v) is 6.32. The van der Waals surface area contributed by atoms with Crippen molar-refractivity contribution >= 4 is 15.9 Å². The summed E-state index contributed by atoms with van der Waals surface area (Å²) in [5, 5.41) is 16.1. The average molecular weight is 536 g/mol. The average Bonchev–Trinajstić information content (AvgIpc) is 2.91. The van der Waals surface area contributed by atoms with Gasteiger partial charge in [-0.15, -0.1) is 0 Å². The van der Waals surface area contributed by atoms with E-state index in [1.165, 1.54) is 21.2 Å². The second-order valence-corrected chi connectivity index (χ2v) is 10.7. The number of carbonyl (C=O) groups is 1. The fraction of sp³-hybridized carbons (Fsp3) is 0.435. The zero-order chi connectivity index (χ0) is 26.2. The summed E-state index contributed by atoms with van der Waals surface area (Å²) in [6, 6.07) is 3.28. The molecule has 0 saturated carbocycles. The molecule has 5 rings (SSSR count). The highest BCUT2D eigenvalue weighted by atomic mass is 32.2. The summed E-state index contributed by atoms with van der Waals surface area (Å²) in [6.45, 7) is 1.74. The molecule has 0 aliphatic carbocycles. The monoisotopic (exact) mass is 535 g/mol. The molecule has 4 heterocycles. The minimum absolute atomic E-state index is 0.148. The van der Waals surface area contributed by atoms with Crippen molar-refractivity contribution in [2.75, 3.05) is 39.4 Å². The third-order valence-electron chi connectivity index (χ3n) is 6.60. The first-order valence-electron chi connectivity index (χ1n) is 11.8. The zero-order valence-corrected chi connectivity index (χ0v) is 20.6. The van der Waals surface area contributed by atoms with Gasteiger partial charge < -0.3 is 25.2 Å². The molecule has 3 aliphatic heterocycles. The van der Waals surface area contributed by atoms with Crippen LogP contribution in [0.1, 0.15) is 28.3 Å². The summed E-state index contributed by atoms with van der Waals surface area (Å²) in [7, 11) is -4.03. The molecule has 1 aromatic carbocycles. The van der Waals surface area contributed by atoms with Crippen LogP contribution in [0.3, 0.4) is 0 Å². The van der Waals surface area contributed by atoms with Crippen LogP contribution in [-0.2, 0) is 38.2 Å². The van der Waals surface area contributed by atoms with Gasteiger partial charge in [0.25, 0.3) is 11.5 Å². The summed E-state index contributed by atoms with van der Waals surface area (Å²) in [5.74, 6) is -2.30. The standard InChI is InChI=1S/C23H26FN5O7S/c24-16-2-1-15(17(13-16)37(33,34)28-7-5-25-6-8-28)14-26-20(31)18-19(30)21(32)29-9-12-36-23(22(29)27-18)3-10-35-11-4-23/h1-3,10,13,25,30H,4-9,11-12,14H2,(H,26,31). The van der Waals surface area contributed by atoms with Crippen molar-refractivity contribution in [3.05, 3.63) is 63.8 Å². The Morgan fingerprint density at radius 3 is 2.76 bits per heavy atom. The van der Waals surface area contributed by atoms with Crippen molar-refractivity contribution in [3.8, 4) is 5.75 Å². The number of hydrogen-bond donors (Lipinski definition) is 3. The second-order valence-electron chi connectivity index (χ2n) is 8.84. The molecule has 0 radical (unpaired) electrons. The number of amides is 1. The highest BCUT2D eigenvalue weighted by molar-refractivity contribution is 7.89. The van der Waals surface area contributed by atoms with Gasteiger partial charge in [0, 0.05) is 39.1 Å². The second kappa shape index (κ2) is 9.85. The van der Waals surface area contributed by atoms with Gasteiger partial charge in [-0.2, -0.15) is 4.31 Å². The van der Waals surface area contributed by atoms with Gasteiger partial charge in [-0.3, -0.25) is 14.2 Å². The molecule has 1 amide bonds. The van der Waals surface area contributed by atoms with Crippen LogP contribution < -0.4 is 16.2 Å². The van der Waals surface area contributed by atoms with Gasteiger partial charge in [-0.05, 0) is 23.8 Å². The fourth-order valence-electron chi connectivity index (χ4n) is 4.64. The van der Waals surface area contributed by atoms with Crippen molar-refractivity contribution in [1.29, 1.82) is 0 Å². The van der Waals surface area contributed by atoms with E-state index in [-0.39, 0.29) is 49.1 Å². The maximum Gasteiger partial charge on any atom is 0.296 e. The Hall–Kier alpha value is -3.33. The molecular formula is C23H26FN5O7S. The third-order valence-corrected chi connectivity index (χ3v) is 8.58. The van der Waals surface area contributed by atoms with Gasteiger partial charge in [0.2, 0.25) is 15.8 Å². The molecule has 1 atom stereocenters. The number of benzene rings is 1. The van der Waals surface area contributed by atoms with Crippen LogP contribution in [0.4, 0.5) is 4.39 Å². The van der Waals surface area contributed by atoms with E-state index < -0.39 is 44.4 Å². The van der Waals surface area contributed by atoms with Crippen LogP contribution in [0, 0.1) is 5.82 Å². The van der Waals surface area contributed by atoms with E-state index in [1.807, 2.05) is 0 Å². The number of aromatic nitrogens is 2. The van der Waals surface area contributed by atoms with E-state index >= 15 is 0 Å². The lowest BCUT2D eigenvalue weighted by molar-refractivity contribution is -0.0721. The zero-order valence-electron chi connectivity index (χ0n) is 19.8. The van der Waals surface area contributed by atoms with E-state index in [0.717, 1.165) is 12.1 Å². The first-order chi connectivity index (χ1) is 17.7. The van der Waals surface area contributed by atoms with Crippen LogP contribution in [-0.4, -0.2) is 72.7 Å². The summed E-state index contributed by atoms with van der Waals surface area (Å²) >= 11 is 0. The van der Waals surface area contributed by atoms with Crippen LogP contribution in [0.2, 0.25) is 0 Å². The maximum absolute atomic E-state index is 14.1. The Labute approximate surface area is 211 Å². The minimum Gasteiger partial charge on any atom is -0.501 e. The number of fused-ring (bicyclic) bond motifs is 2. The Bertz CT molecular complexity index is 1420. The summed E-state index contributed by atoms with van der Waals surface area (Å²) in [4.78, 5) is 30.0. The first-order valence-corrected chi connectivity index (χ1v) is 13.2. The molecule has 37 heavy (non-hydrogen) atoms. The number of ether oxygens (including phenoxy) is 2. The molecule has 1 saturated heterocycles. The Balaban J connectivity index is 1.44.